The first-order valence-electron chi connectivity index (χ1n) is 9.28. The summed E-state index contributed by atoms with van der Waals surface area (Å²) in [6.07, 6.45) is 1.68. The number of nitrogens with one attached hydrogen (secondary N) is 1. The van der Waals surface area contributed by atoms with E-state index in [1.54, 1.807) is 13.1 Å². The third-order valence-electron chi connectivity index (χ3n) is 4.37. The second-order valence-electron chi connectivity index (χ2n) is 6.58. The number of carbonyl (C=O) groups excluding carboxylic acids is 1. The average Bonchev–Trinajstić information content (AvgIpc) is 3.20. The molecule has 3 aromatic rings. The van der Waals surface area contributed by atoms with Crippen molar-refractivity contribution in [3.05, 3.63) is 58.6 Å². The summed E-state index contributed by atoms with van der Waals surface area (Å²) in [5.74, 6) is -0.217. The molecule has 1 aromatic heterocycles. The molecule has 8 nitrogen and oxygen atoms in total. The van der Waals surface area contributed by atoms with E-state index in [0.717, 1.165) is 17.3 Å². The summed E-state index contributed by atoms with van der Waals surface area (Å²) >= 11 is 3.37. The van der Waals surface area contributed by atoms with E-state index < -0.39 is 15.9 Å². The van der Waals surface area contributed by atoms with Crippen molar-refractivity contribution in [2.24, 2.45) is 0 Å². The fraction of sp³-hybridized carbons (Fsp3) is 0.250. The quantitative estimate of drug-likeness (QED) is 0.505. The lowest BCUT2D eigenvalue weighted by Crippen LogP contribution is -2.28. The summed E-state index contributed by atoms with van der Waals surface area (Å²) in [5, 5.41) is 10.3. The molecule has 0 fully saturated rings. The molecule has 0 spiro atoms. The van der Waals surface area contributed by atoms with Crippen LogP contribution in [0.15, 0.2) is 62.3 Å². The maximum atomic E-state index is 12.6. The normalized spacial score (nSPS) is 11.6. The number of hydrogen-bond donors (Lipinski definition) is 1. The number of aromatic nitrogens is 2. The predicted molar refractivity (Wildman–Crippen MR) is 117 cm³/mol. The van der Waals surface area contributed by atoms with E-state index in [1.165, 1.54) is 28.6 Å². The lowest BCUT2D eigenvalue weighted by atomic mass is 10.2. The SMILES string of the molecule is CCCCN(C)S(=O)(=O)c1ccc(C(=O)Nc2nnc(-c3cccc(Br)c3)o2)cc1. The third-order valence-corrected chi connectivity index (χ3v) is 6.73. The molecule has 1 amide bonds. The Balaban J connectivity index is 1.70. The van der Waals surface area contributed by atoms with Crippen LogP contribution in [0, 0.1) is 0 Å². The van der Waals surface area contributed by atoms with Gasteiger partial charge in [-0.05, 0) is 48.9 Å². The van der Waals surface area contributed by atoms with Gasteiger partial charge in [0, 0.05) is 29.2 Å². The first-order chi connectivity index (χ1) is 14.3. The molecular weight excluding hydrogens is 472 g/mol. The summed E-state index contributed by atoms with van der Waals surface area (Å²) in [6, 6.07) is 13.0. The molecule has 0 aliphatic carbocycles. The van der Waals surface area contributed by atoms with Gasteiger partial charge in [-0.25, -0.2) is 12.7 Å². The molecule has 10 heteroatoms. The van der Waals surface area contributed by atoms with E-state index in [9.17, 15) is 13.2 Å². The van der Waals surface area contributed by atoms with Gasteiger partial charge >= 0.3 is 6.01 Å². The predicted octanol–water partition coefficient (Wildman–Crippen LogP) is 4.17. The highest BCUT2D eigenvalue weighted by molar-refractivity contribution is 9.10. The molecule has 30 heavy (non-hydrogen) atoms. The standard InChI is InChI=1S/C20H21BrN4O4S/c1-3-4-12-25(2)30(27,28)17-10-8-14(9-11-17)18(26)22-20-24-23-19(29-20)15-6-5-7-16(21)13-15/h5-11,13H,3-4,12H2,1-2H3,(H,22,24,26). The van der Waals surface area contributed by atoms with Crippen molar-refractivity contribution in [1.82, 2.24) is 14.5 Å². The number of hydrogen-bond acceptors (Lipinski definition) is 6. The van der Waals surface area contributed by atoms with Crippen LogP contribution in [0.2, 0.25) is 0 Å². The van der Waals surface area contributed by atoms with Crippen LogP contribution in [-0.4, -0.2) is 42.4 Å². The molecule has 2 aromatic carbocycles. The van der Waals surface area contributed by atoms with Crippen LogP contribution in [0.5, 0.6) is 0 Å². The van der Waals surface area contributed by atoms with Gasteiger partial charge in [-0.1, -0.05) is 40.4 Å². The molecule has 1 N–H and O–H groups in total. The molecule has 0 aliphatic heterocycles. The van der Waals surface area contributed by atoms with Crippen molar-refractivity contribution in [2.45, 2.75) is 24.7 Å². The second-order valence-corrected chi connectivity index (χ2v) is 9.54. The van der Waals surface area contributed by atoms with E-state index in [-0.39, 0.29) is 22.4 Å². The fourth-order valence-electron chi connectivity index (χ4n) is 2.64. The number of sulfonamides is 1. The second kappa shape index (κ2) is 9.50. The Labute approximate surface area is 183 Å². The third kappa shape index (κ3) is 5.13. The highest BCUT2D eigenvalue weighted by Gasteiger charge is 2.21. The molecule has 0 atom stereocenters. The lowest BCUT2D eigenvalue weighted by Gasteiger charge is -2.16. The van der Waals surface area contributed by atoms with Crippen molar-refractivity contribution in [3.63, 3.8) is 0 Å². The Hall–Kier alpha value is -2.56. The number of benzene rings is 2. The number of carbonyl (C=O) groups is 1. The van der Waals surface area contributed by atoms with Crippen molar-refractivity contribution in [1.29, 1.82) is 0 Å². The highest BCUT2D eigenvalue weighted by Crippen LogP contribution is 2.23. The summed E-state index contributed by atoms with van der Waals surface area (Å²) < 4.78 is 32.8. The van der Waals surface area contributed by atoms with Crippen molar-refractivity contribution in [3.8, 4) is 11.5 Å². The minimum absolute atomic E-state index is 0.0500. The van der Waals surface area contributed by atoms with Crippen LogP contribution in [0.4, 0.5) is 6.01 Å². The number of unbranched alkanes of at least 4 members (excludes halogenated alkanes) is 1. The summed E-state index contributed by atoms with van der Waals surface area (Å²) in [5.41, 5.74) is 0.978. The molecule has 0 radical (unpaired) electrons. The molecule has 3 rings (SSSR count). The van der Waals surface area contributed by atoms with Crippen LogP contribution in [0.25, 0.3) is 11.5 Å². The summed E-state index contributed by atoms with van der Waals surface area (Å²) in [4.78, 5) is 12.6. The molecular formula is C20H21BrN4O4S. The summed E-state index contributed by atoms with van der Waals surface area (Å²) in [7, 11) is -2.04. The van der Waals surface area contributed by atoms with Gasteiger partial charge in [0.05, 0.1) is 4.90 Å². The van der Waals surface area contributed by atoms with E-state index >= 15 is 0 Å². The van der Waals surface area contributed by atoms with Gasteiger partial charge in [-0.2, -0.15) is 0 Å². The highest BCUT2D eigenvalue weighted by atomic mass is 79.9. The van der Waals surface area contributed by atoms with E-state index in [1.807, 2.05) is 25.1 Å². The number of anilines is 1. The van der Waals surface area contributed by atoms with Crippen LogP contribution < -0.4 is 5.32 Å². The van der Waals surface area contributed by atoms with Gasteiger partial charge in [0.2, 0.25) is 15.9 Å². The zero-order chi connectivity index (χ0) is 21.7. The molecule has 1 heterocycles. The Morgan fingerprint density at radius 1 is 1.17 bits per heavy atom. The van der Waals surface area contributed by atoms with Gasteiger partial charge in [0.25, 0.3) is 5.91 Å². The molecule has 0 saturated heterocycles. The maximum absolute atomic E-state index is 12.6. The number of halogens is 1. The summed E-state index contributed by atoms with van der Waals surface area (Å²) in [6.45, 7) is 2.44. The zero-order valence-electron chi connectivity index (χ0n) is 16.5. The smallest absolute Gasteiger partial charge is 0.322 e. The van der Waals surface area contributed by atoms with E-state index in [0.29, 0.717) is 12.1 Å². The van der Waals surface area contributed by atoms with Gasteiger partial charge in [0.15, 0.2) is 0 Å². The molecule has 0 unspecified atom stereocenters. The van der Waals surface area contributed by atoms with Gasteiger partial charge in [0.1, 0.15) is 0 Å². The maximum Gasteiger partial charge on any atom is 0.322 e. The first-order valence-corrected chi connectivity index (χ1v) is 11.5. The van der Waals surface area contributed by atoms with Crippen molar-refractivity contribution in [2.75, 3.05) is 18.9 Å². The average molecular weight is 493 g/mol. The molecule has 0 saturated carbocycles. The zero-order valence-corrected chi connectivity index (χ0v) is 18.9. The van der Waals surface area contributed by atoms with Crippen LogP contribution in [0.3, 0.4) is 0 Å². The van der Waals surface area contributed by atoms with Crippen molar-refractivity contribution >= 4 is 37.9 Å². The number of rotatable bonds is 8. The molecule has 0 aliphatic rings. The topological polar surface area (TPSA) is 105 Å². The molecule has 158 valence electrons. The lowest BCUT2D eigenvalue weighted by molar-refractivity contribution is 0.102. The Kier molecular flexibility index (Phi) is 7.01. The first kappa shape index (κ1) is 22.1. The van der Waals surface area contributed by atoms with Crippen LogP contribution in [0.1, 0.15) is 30.1 Å². The van der Waals surface area contributed by atoms with Gasteiger partial charge in [-0.15, -0.1) is 5.10 Å². The Morgan fingerprint density at radius 3 is 2.57 bits per heavy atom. The van der Waals surface area contributed by atoms with Gasteiger partial charge in [-0.3, -0.25) is 10.1 Å². The molecule has 0 bridgehead atoms. The van der Waals surface area contributed by atoms with Crippen LogP contribution in [-0.2, 0) is 10.0 Å². The largest absolute Gasteiger partial charge is 0.403 e. The van der Waals surface area contributed by atoms with Crippen molar-refractivity contribution < 1.29 is 17.6 Å². The van der Waals surface area contributed by atoms with E-state index in [4.69, 9.17) is 4.42 Å². The van der Waals surface area contributed by atoms with E-state index in [2.05, 4.69) is 31.4 Å². The fourth-order valence-corrected chi connectivity index (χ4v) is 4.25. The Morgan fingerprint density at radius 2 is 1.90 bits per heavy atom. The van der Waals surface area contributed by atoms with Gasteiger partial charge < -0.3 is 4.42 Å². The number of amides is 1. The van der Waals surface area contributed by atoms with Crippen LogP contribution >= 0.6 is 15.9 Å². The number of nitrogens with zero attached hydrogens (tertiary/aromatic N) is 3. The monoisotopic (exact) mass is 492 g/mol. The Bertz CT molecular complexity index is 1130. The minimum Gasteiger partial charge on any atom is -0.403 e. The minimum atomic E-state index is -3.59.